The van der Waals surface area contributed by atoms with Crippen LogP contribution in [0, 0.1) is 5.92 Å². The minimum Gasteiger partial charge on any atom is -0.469 e. The van der Waals surface area contributed by atoms with E-state index in [2.05, 4.69) is 20.8 Å². The van der Waals surface area contributed by atoms with E-state index in [-0.39, 0.29) is 0 Å². The number of esters is 1. The van der Waals surface area contributed by atoms with Gasteiger partial charge in [0.15, 0.2) is 0 Å². The zero-order valence-corrected chi connectivity index (χ0v) is 12.4. The lowest BCUT2D eigenvalue weighted by molar-refractivity contribution is -0.145. The second-order valence-electron chi connectivity index (χ2n) is 4.79. The Morgan fingerprint density at radius 1 is 1.27 bits per heavy atom. The minimum atomic E-state index is -0.525. The fraction of sp³-hybridized carbons (Fsp3) is 0.267. The van der Waals surface area contributed by atoms with Crippen molar-refractivity contribution < 1.29 is 14.3 Å². The fourth-order valence-electron chi connectivity index (χ4n) is 2.11. The van der Waals surface area contributed by atoms with Crippen LogP contribution in [0.5, 0.6) is 0 Å². The number of carbonyl (C=O) groups excluding carboxylic acids is 2. The number of rotatable bonds is 5. The third kappa shape index (κ3) is 3.85. The Morgan fingerprint density at radius 2 is 2.00 bits per heavy atom. The number of hydrogen-bond acceptors (Lipinski definition) is 4. The third-order valence-corrected chi connectivity index (χ3v) is 3.27. The molecule has 2 amide bonds. The summed E-state index contributed by atoms with van der Waals surface area (Å²) in [6.07, 6.45) is 3.04. The molecule has 0 aliphatic carbocycles. The van der Waals surface area contributed by atoms with Gasteiger partial charge in [-0.3, -0.25) is 9.89 Å². The van der Waals surface area contributed by atoms with Crippen LogP contribution in [0.3, 0.4) is 0 Å². The normalized spacial score (nSPS) is 13.0. The molecule has 0 aliphatic heterocycles. The molecule has 0 fully saturated rings. The largest absolute Gasteiger partial charge is 0.469 e. The Balaban J connectivity index is 2.14. The highest BCUT2D eigenvalue weighted by Gasteiger charge is 2.27. The molecule has 7 heteroatoms. The molecule has 0 aliphatic rings. The summed E-state index contributed by atoms with van der Waals surface area (Å²) in [7, 11) is 1.33. The van der Waals surface area contributed by atoms with Crippen LogP contribution in [-0.4, -0.2) is 29.3 Å². The number of hydrogen-bond donors (Lipinski definition) is 3. The molecule has 0 radical (unpaired) electrons. The first-order valence-electron chi connectivity index (χ1n) is 6.81. The maximum Gasteiger partial charge on any atom is 0.319 e. The standard InChI is InChI=1S/C15H18N4O3/c1-10(14(20)22-2)13(11-6-4-3-5-7-11)19-15(21)18-12-8-16-17-9-12/h3-10,13H,1-2H3,(H,16,17)(H2,18,19,21)/t10-,13-/m1/s1. The molecule has 2 rings (SSSR count). The molecule has 2 aromatic rings. The molecule has 0 saturated carbocycles. The number of urea groups is 1. The van der Waals surface area contributed by atoms with Crippen molar-refractivity contribution in [1.82, 2.24) is 15.5 Å². The number of methoxy groups -OCH3 is 1. The van der Waals surface area contributed by atoms with E-state index < -0.39 is 24.0 Å². The SMILES string of the molecule is COC(=O)[C@H](C)[C@@H](NC(=O)Nc1cn[nH]c1)c1ccccc1. The summed E-state index contributed by atoms with van der Waals surface area (Å²) < 4.78 is 4.78. The molecule has 3 N–H and O–H groups in total. The molecule has 0 saturated heterocycles. The molecule has 1 aromatic heterocycles. The molecular weight excluding hydrogens is 284 g/mol. The summed E-state index contributed by atoms with van der Waals surface area (Å²) in [6, 6.07) is 8.34. The van der Waals surface area contributed by atoms with Gasteiger partial charge in [-0.1, -0.05) is 30.3 Å². The number of anilines is 1. The number of H-pyrrole nitrogens is 1. The summed E-state index contributed by atoms with van der Waals surface area (Å²) >= 11 is 0. The zero-order chi connectivity index (χ0) is 15.9. The van der Waals surface area contributed by atoms with Gasteiger partial charge in [-0.25, -0.2) is 4.79 Å². The molecule has 22 heavy (non-hydrogen) atoms. The Labute approximate surface area is 128 Å². The van der Waals surface area contributed by atoms with Gasteiger partial charge in [0.05, 0.1) is 31.0 Å². The molecule has 1 heterocycles. The summed E-state index contributed by atoms with van der Waals surface area (Å²) in [5.41, 5.74) is 1.36. The van der Waals surface area contributed by atoms with Crippen LogP contribution in [0.2, 0.25) is 0 Å². The number of aromatic amines is 1. The summed E-state index contributed by atoms with van der Waals surface area (Å²) in [5, 5.41) is 11.8. The predicted octanol–water partition coefficient (Wildman–Crippen LogP) is 2.08. The Kier molecular flexibility index (Phi) is 5.13. The number of nitrogens with zero attached hydrogens (tertiary/aromatic N) is 1. The molecule has 2 atom stereocenters. The quantitative estimate of drug-likeness (QED) is 0.737. The second kappa shape index (κ2) is 7.26. The van der Waals surface area contributed by atoms with E-state index in [9.17, 15) is 9.59 Å². The lowest BCUT2D eigenvalue weighted by atomic mass is 9.94. The van der Waals surface area contributed by atoms with Gasteiger partial charge in [-0.15, -0.1) is 0 Å². The Hall–Kier alpha value is -2.83. The van der Waals surface area contributed by atoms with E-state index in [0.29, 0.717) is 5.69 Å². The number of aromatic nitrogens is 2. The molecule has 1 aromatic carbocycles. The lowest BCUT2D eigenvalue weighted by Gasteiger charge is -2.24. The maximum atomic E-state index is 12.1. The van der Waals surface area contributed by atoms with Gasteiger partial charge in [-0.05, 0) is 12.5 Å². The van der Waals surface area contributed by atoms with Crippen molar-refractivity contribution in [3.05, 3.63) is 48.3 Å². The van der Waals surface area contributed by atoms with Gasteiger partial charge in [0.2, 0.25) is 0 Å². The highest BCUT2D eigenvalue weighted by atomic mass is 16.5. The van der Waals surface area contributed by atoms with Gasteiger partial charge in [-0.2, -0.15) is 5.10 Å². The molecule has 7 nitrogen and oxygen atoms in total. The van der Waals surface area contributed by atoms with E-state index in [1.807, 2.05) is 30.3 Å². The average Bonchev–Trinajstić information content (AvgIpc) is 3.05. The number of ether oxygens (including phenoxy) is 1. The van der Waals surface area contributed by atoms with E-state index in [0.717, 1.165) is 5.56 Å². The average molecular weight is 302 g/mol. The number of carbonyl (C=O) groups is 2. The summed E-state index contributed by atoms with van der Waals surface area (Å²) in [4.78, 5) is 23.9. The molecule has 116 valence electrons. The number of amides is 2. The van der Waals surface area contributed by atoms with Crippen molar-refractivity contribution in [3.8, 4) is 0 Å². The second-order valence-corrected chi connectivity index (χ2v) is 4.79. The van der Waals surface area contributed by atoms with Crippen molar-refractivity contribution in [1.29, 1.82) is 0 Å². The topological polar surface area (TPSA) is 96.1 Å². The van der Waals surface area contributed by atoms with Crippen LogP contribution in [0.25, 0.3) is 0 Å². The maximum absolute atomic E-state index is 12.1. The van der Waals surface area contributed by atoms with Crippen molar-refractivity contribution in [2.45, 2.75) is 13.0 Å². The van der Waals surface area contributed by atoms with Crippen LogP contribution in [-0.2, 0) is 9.53 Å². The summed E-state index contributed by atoms with van der Waals surface area (Å²) in [5.74, 6) is -0.917. The first kappa shape index (κ1) is 15.6. The van der Waals surface area contributed by atoms with E-state index in [4.69, 9.17) is 4.74 Å². The van der Waals surface area contributed by atoms with E-state index >= 15 is 0 Å². The first-order valence-corrected chi connectivity index (χ1v) is 6.81. The number of benzene rings is 1. The highest BCUT2D eigenvalue weighted by molar-refractivity contribution is 5.89. The van der Waals surface area contributed by atoms with E-state index in [1.165, 1.54) is 13.3 Å². The van der Waals surface area contributed by atoms with Crippen molar-refractivity contribution >= 4 is 17.7 Å². The van der Waals surface area contributed by atoms with Crippen LogP contribution in [0.15, 0.2) is 42.7 Å². The van der Waals surface area contributed by atoms with Crippen molar-refractivity contribution in [2.75, 3.05) is 12.4 Å². The predicted molar refractivity (Wildman–Crippen MR) is 81.1 cm³/mol. The molecular formula is C15H18N4O3. The van der Waals surface area contributed by atoms with Gasteiger partial charge >= 0.3 is 12.0 Å². The smallest absolute Gasteiger partial charge is 0.319 e. The summed E-state index contributed by atoms with van der Waals surface area (Å²) in [6.45, 7) is 1.71. The van der Waals surface area contributed by atoms with Crippen molar-refractivity contribution in [3.63, 3.8) is 0 Å². The van der Waals surface area contributed by atoms with E-state index in [1.54, 1.807) is 13.1 Å². The molecule has 0 spiro atoms. The highest BCUT2D eigenvalue weighted by Crippen LogP contribution is 2.23. The van der Waals surface area contributed by atoms with Gasteiger partial charge in [0.25, 0.3) is 0 Å². The van der Waals surface area contributed by atoms with Crippen molar-refractivity contribution in [2.24, 2.45) is 5.92 Å². The van der Waals surface area contributed by atoms with Crippen LogP contribution >= 0.6 is 0 Å². The fourth-order valence-corrected chi connectivity index (χ4v) is 2.11. The van der Waals surface area contributed by atoms with Gasteiger partial charge in [0, 0.05) is 6.20 Å². The van der Waals surface area contributed by atoms with Gasteiger partial charge in [0.1, 0.15) is 0 Å². The Bertz CT molecular complexity index is 613. The van der Waals surface area contributed by atoms with Gasteiger partial charge < -0.3 is 15.4 Å². The number of nitrogens with one attached hydrogen (secondary N) is 3. The molecule has 0 bridgehead atoms. The van der Waals surface area contributed by atoms with Crippen LogP contribution < -0.4 is 10.6 Å². The zero-order valence-electron chi connectivity index (χ0n) is 12.4. The molecule has 0 unspecified atom stereocenters. The lowest BCUT2D eigenvalue weighted by Crippen LogP contribution is -2.38. The Morgan fingerprint density at radius 3 is 2.59 bits per heavy atom. The third-order valence-electron chi connectivity index (χ3n) is 3.27. The monoisotopic (exact) mass is 302 g/mol. The van der Waals surface area contributed by atoms with Crippen LogP contribution in [0.1, 0.15) is 18.5 Å². The van der Waals surface area contributed by atoms with Crippen LogP contribution in [0.4, 0.5) is 10.5 Å². The first-order chi connectivity index (χ1) is 10.6. The minimum absolute atomic E-state index is 0.391.